The molecule has 7 heteroatoms. The standard InChI is InChI=1S/C18H24N4O3/c1-4-9-25-17-8-5-13(11-20-17)12-21-18(19)22-14-6-7-15(23-2)16(10-14)24-3/h5-8,10-11H,4,9,12H2,1-3H3,(H3,19,21,22). The van der Waals surface area contributed by atoms with E-state index in [9.17, 15) is 0 Å². The fourth-order valence-corrected chi connectivity index (χ4v) is 2.07. The van der Waals surface area contributed by atoms with E-state index in [1.54, 1.807) is 32.5 Å². The second-order valence-corrected chi connectivity index (χ2v) is 5.25. The Morgan fingerprint density at radius 2 is 1.96 bits per heavy atom. The molecular formula is C18H24N4O3. The Kier molecular flexibility index (Phi) is 6.88. The van der Waals surface area contributed by atoms with Gasteiger partial charge < -0.3 is 25.3 Å². The summed E-state index contributed by atoms with van der Waals surface area (Å²) in [5, 5.41) is 3.02. The molecule has 0 unspecified atom stereocenters. The summed E-state index contributed by atoms with van der Waals surface area (Å²) >= 11 is 0. The first-order chi connectivity index (χ1) is 12.2. The first kappa shape index (κ1) is 18.4. The Labute approximate surface area is 147 Å². The number of nitrogens with zero attached hydrogens (tertiary/aromatic N) is 2. The van der Waals surface area contributed by atoms with Crippen molar-refractivity contribution in [3.8, 4) is 17.4 Å². The minimum atomic E-state index is 0.304. The molecule has 1 aromatic heterocycles. The fraction of sp³-hybridized carbons (Fsp3) is 0.333. The largest absolute Gasteiger partial charge is 0.493 e. The number of anilines is 1. The van der Waals surface area contributed by atoms with Gasteiger partial charge in [0.05, 0.1) is 27.4 Å². The molecule has 0 radical (unpaired) electrons. The Morgan fingerprint density at radius 1 is 1.16 bits per heavy atom. The maximum atomic E-state index is 5.93. The second-order valence-electron chi connectivity index (χ2n) is 5.25. The molecule has 2 aromatic rings. The number of rotatable bonds is 8. The van der Waals surface area contributed by atoms with Crippen LogP contribution in [0.2, 0.25) is 0 Å². The van der Waals surface area contributed by atoms with Gasteiger partial charge in [-0.05, 0) is 24.1 Å². The summed E-state index contributed by atoms with van der Waals surface area (Å²) in [5.74, 6) is 2.19. The zero-order valence-electron chi connectivity index (χ0n) is 14.8. The van der Waals surface area contributed by atoms with Gasteiger partial charge in [0.1, 0.15) is 0 Å². The topological polar surface area (TPSA) is 91.0 Å². The number of aromatic nitrogens is 1. The monoisotopic (exact) mass is 344 g/mol. The van der Waals surface area contributed by atoms with Crippen molar-refractivity contribution in [2.75, 3.05) is 26.1 Å². The van der Waals surface area contributed by atoms with Crippen LogP contribution in [0.5, 0.6) is 17.4 Å². The molecule has 0 bridgehead atoms. The molecule has 0 saturated heterocycles. The SMILES string of the molecule is CCCOc1ccc(CN=C(N)Nc2ccc(OC)c(OC)c2)cn1. The van der Waals surface area contributed by atoms with Gasteiger partial charge in [0.2, 0.25) is 5.88 Å². The first-order valence-corrected chi connectivity index (χ1v) is 8.03. The van der Waals surface area contributed by atoms with Crippen LogP contribution in [-0.2, 0) is 6.54 Å². The molecular weight excluding hydrogens is 320 g/mol. The number of pyridine rings is 1. The molecule has 3 N–H and O–H groups in total. The molecule has 2 rings (SSSR count). The molecule has 1 aromatic carbocycles. The van der Waals surface area contributed by atoms with Crippen molar-refractivity contribution in [2.24, 2.45) is 10.7 Å². The molecule has 0 fully saturated rings. The van der Waals surface area contributed by atoms with Crippen molar-refractivity contribution in [3.63, 3.8) is 0 Å². The quantitative estimate of drug-likeness (QED) is 0.565. The van der Waals surface area contributed by atoms with Crippen LogP contribution in [0.15, 0.2) is 41.5 Å². The predicted octanol–water partition coefficient (Wildman–Crippen LogP) is 2.81. The van der Waals surface area contributed by atoms with Gasteiger partial charge in [-0.1, -0.05) is 13.0 Å². The smallest absolute Gasteiger partial charge is 0.213 e. The third-order valence-electron chi connectivity index (χ3n) is 3.34. The van der Waals surface area contributed by atoms with Crippen LogP contribution in [0, 0.1) is 0 Å². The summed E-state index contributed by atoms with van der Waals surface area (Å²) < 4.78 is 15.9. The Morgan fingerprint density at radius 3 is 2.60 bits per heavy atom. The molecule has 0 atom stereocenters. The van der Waals surface area contributed by atoms with E-state index in [2.05, 4.69) is 22.2 Å². The normalized spacial score (nSPS) is 11.1. The van der Waals surface area contributed by atoms with Crippen molar-refractivity contribution in [1.82, 2.24) is 4.98 Å². The van der Waals surface area contributed by atoms with Gasteiger partial charge in [-0.2, -0.15) is 0 Å². The highest BCUT2D eigenvalue weighted by Crippen LogP contribution is 2.29. The molecule has 25 heavy (non-hydrogen) atoms. The Hall–Kier alpha value is -2.96. The number of aliphatic imine (C=N–C) groups is 1. The highest BCUT2D eigenvalue weighted by atomic mass is 16.5. The minimum Gasteiger partial charge on any atom is -0.493 e. The van der Waals surface area contributed by atoms with Crippen LogP contribution < -0.4 is 25.3 Å². The van der Waals surface area contributed by atoms with E-state index in [4.69, 9.17) is 19.9 Å². The van der Waals surface area contributed by atoms with E-state index in [1.165, 1.54) is 0 Å². The van der Waals surface area contributed by atoms with Crippen LogP contribution in [0.25, 0.3) is 0 Å². The lowest BCUT2D eigenvalue weighted by Gasteiger charge is -2.11. The van der Waals surface area contributed by atoms with Crippen LogP contribution in [0.1, 0.15) is 18.9 Å². The molecule has 0 aliphatic rings. The van der Waals surface area contributed by atoms with Gasteiger partial charge in [-0.25, -0.2) is 9.98 Å². The lowest BCUT2D eigenvalue weighted by Crippen LogP contribution is -2.22. The van der Waals surface area contributed by atoms with Crippen LogP contribution in [0.4, 0.5) is 5.69 Å². The van der Waals surface area contributed by atoms with Gasteiger partial charge in [0.15, 0.2) is 17.5 Å². The summed E-state index contributed by atoms with van der Waals surface area (Å²) in [4.78, 5) is 8.55. The highest BCUT2D eigenvalue weighted by molar-refractivity contribution is 5.92. The van der Waals surface area contributed by atoms with Gasteiger partial charge in [-0.3, -0.25) is 0 Å². The summed E-state index contributed by atoms with van der Waals surface area (Å²) in [6, 6.07) is 9.19. The zero-order chi connectivity index (χ0) is 18.1. The third kappa shape index (κ3) is 5.56. The molecule has 0 aliphatic carbocycles. The molecule has 1 heterocycles. The summed E-state index contributed by atoms with van der Waals surface area (Å²) in [6.07, 6.45) is 2.68. The van der Waals surface area contributed by atoms with E-state index < -0.39 is 0 Å². The average molecular weight is 344 g/mol. The molecule has 0 spiro atoms. The van der Waals surface area contributed by atoms with Crippen LogP contribution in [-0.4, -0.2) is 31.8 Å². The number of nitrogens with one attached hydrogen (secondary N) is 1. The lowest BCUT2D eigenvalue weighted by molar-refractivity contribution is 0.305. The molecule has 0 saturated carbocycles. The van der Waals surface area contributed by atoms with Crippen molar-refractivity contribution in [2.45, 2.75) is 19.9 Å². The zero-order valence-corrected chi connectivity index (χ0v) is 14.8. The predicted molar refractivity (Wildman–Crippen MR) is 98.5 cm³/mol. The fourth-order valence-electron chi connectivity index (χ4n) is 2.07. The summed E-state index contributed by atoms with van der Waals surface area (Å²) in [6.45, 7) is 3.14. The number of benzene rings is 1. The van der Waals surface area contributed by atoms with Gasteiger partial charge in [-0.15, -0.1) is 0 Å². The maximum Gasteiger partial charge on any atom is 0.213 e. The highest BCUT2D eigenvalue weighted by Gasteiger charge is 2.05. The average Bonchev–Trinajstić information content (AvgIpc) is 2.65. The number of hydrogen-bond donors (Lipinski definition) is 2. The van der Waals surface area contributed by atoms with Crippen LogP contribution in [0.3, 0.4) is 0 Å². The number of nitrogens with two attached hydrogens (primary N) is 1. The minimum absolute atomic E-state index is 0.304. The van der Waals surface area contributed by atoms with E-state index >= 15 is 0 Å². The number of ether oxygens (including phenoxy) is 3. The Bertz CT molecular complexity index is 702. The van der Waals surface area contributed by atoms with Crippen molar-refractivity contribution >= 4 is 11.6 Å². The van der Waals surface area contributed by atoms with E-state index in [0.717, 1.165) is 17.7 Å². The molecule has 7 nitrogen and oxygen atoms in total. The molecule has 134 valence electrons. The first-order valence-electron chi connectivity index (χ1n) is 8.03. The van der Waals surface area contributed by atoms with E-state index in [1.807, 2.05) is 18.2 Å². The van der Waals surface area contributed by atoms with Crippen molar-refractivity contribution in [3.05, 3.63) is 42.1 Å². The van der Waals surface area contributed by atoms with Crippen LogP contribution >= 0.6 is 0 Å². The van der Waals surface area contributed by atoms with E-state index in [0.29, 0.717) is 36.5 Å². The van der Waals surface area contributed by atoms with Gasteiger partial charge in [0, 0.05) is 24.0 Å². The third-order valence-corrected chi connectivity index (χ3v) is 3.34. The second kappa shape index (κ2) is 9.36. The lowest BCUT2D eigenvalue weighted by atomic mass is 10.2. The number of hydrogen-bond acceptors (Lipinski definition) is 5. The van der Waals surface area contributed by atoms with Gasteiger partial charge >= 0.3 is 0 Å². The Balaban J connectivity index is 1.95. The molecule has 0 amide bonds. The number of methoxy groups -OCH3 is 2. The van der Waals surface area contributed by atoms with Gasteiger partial charge in [0.25, 0.3) is 0 Å². The van der Waals surface area contributed by atoms with Crippen molar-refractivity contribution < 1.29 is 14.2 Å². The summed E-state index contributed by atoms with van der Waals surface area (Å²) in [5.41, 5.74) is 7.64. The van der Waals surface area contributed by atoms with E-state index in [-0.39, 0.29) is 0 Å². The number of guanidine groups is 1. The van der Waals surface area contributed by atoms with Crippen molar-refractivity contribution in [1.29, 1.82) is 0 Å². The molecule has 0 aliphatic heterocycles. The summed E-state index contributed by atoms with van der Waals surface area (Å²) in [7, 11) is 3.17. The maximum absolute atomic E-state index is 5.93.